The number of carbonyl (C=O) groups excluding carboxylic acids is 1. The third kappa shape index (κ3) is 8.40. The monoisotopic (exact) mass is 646 g/mol. The summed E-state index contributed by atoms with van der Waals surface area (Å²) in [6, 6.07) is 9.54. The smallest absolute Gasteiger partial charge is 1.00 e. The third-order valence-electron chi connectivity index (χ3n) is 5.57. The molecule has 0 saturated carbocycles. The Kier molecular flexibility index (Phi) is 11.5. The van der Waals surface area contributed by atoms with Crippen LogP contribution in [-0.4, -0.2) is 31.9 Å². The molecular weight excluding hydrogens is 624 g/mol. The fraction of sp³-hybridized carbons (Fsp3) is 0.115. The number of nitrogen functional groups attached to an aromatic ring is 1. The molecule has 12 nitrogen and oxygen atoms in total. The van der Waals surface area contributed by atoms with Crippen LogP contribution in [-0.2, 0) is 15.7 Å². The van der Waals surface area contributed by atoms with Gasteiger partial charge in [0.1, 0.15) is 28.0 Å². The molecule has 0 atom stereocenters. The van der Waals surface area contributed by atoms with Crippen molar-refractivity contribution < 1.29 is 72.9 Å². The van der Waals surface area contributed by atoms with Crippen molar-refractivity contribution in [2.75, 3.05) is 17.7 Å². The Bertz CT molecular complexity index is 1780. The molecule has 2 heterocycles. The van der Waals surface area contributed by atoms with Crippen molar-refractivity contribution in [3.63, 3.8) is 0 Å². The van der Waals surface area contributed by atoms with Gasteiger partial charge in [-0.25, -0.2) is 18.3 Å². The number of nitrogens with two attached hydrogens (primary N) is 1. The van der Waals surface area contributed by atoms with Crippen molar-refractivity contribution in [2.24, 2.45) is 0 Å². The molecule has 222 valence electrons. The first-order valence-electron chi connectivity index (χ1n) is 11.9. The molecule has 0 bridgehead atoms. The van der Waals surface area contributed by atoms with Gasteiger partial charge in [0.2, 0.25) is 0 Å². The summed E-state index contributed by atoms with van der Waals surface area (Å²) in [4.78, 5) is 48.4. The molecule has 2 aromatic heterocycles. The first-order valence-corrected chi connectivity index (χ1v) is 13.8. The van der Waals surface area contributed by atoms with Gasteiger partial charge in [0.15, 0.2) is 17.3 Å². The van der Waals surface area contributed by atoms with E-state index in [1.807, 2.05) is 0 Å². The van der Waals surface area contributed by atoms with Crippen molar-refractivity contribution in [3.05, 3.63) is 99.1 Å². The van der Waals surface area contributed by atoms with Gasteiger partial charge in [-0.3, -0.25) is 18.7 Å². The van der Waals surface area contributed by atoms with Gasteiger partial charge < -0.3 is 31.7 Å². The molecule has 0 spiro atoms. The number of carbonyl (C=O) groups is 1. The second-order valence-electron chi connectivity index (χ2n) is 8.41. The minimum absolute atomic E-state index is 0. The van der Waals surface area contributed by atoms with Gasteiger partial charge in [0.05, 0.1) is 13.2 Å². The molecular formula is C26H23ClF2N4NaO8P. The van der Waals surface area contributed by atoms with Gasteiger partial charge in [0.25, 0.3) is 11.5 Å². The Morgan fingerprint density at radius 1 is 1.12 bits per heavy atom. The van der Waals surface area contributed by atoms with Gasteiger partial charge in [-0.15, -0.1) is 0 Å². The predicted molar refractivity (Wildman–Crippen MR) is 149 cm³/mol. The fourth-order valence-electron chi connectivity index (χ4n) is 3.68. The van der Waals surface area contributed by atoms with Crippen LogP contribution in [0.1, 0.15) is 24.3 Å². The number of phosphoric ester groups is 1. The normalized spacial score (nSPS) is 11.0. The average Bonchev–Trinajstić information content (AvgIpc) is 2.92. The molecule has 2 aromatic carbocycles. The van der Waals surface area contributed by atoms with Crippen LogP contribution in [0.5, 0.6) is 17.2 Å². The maximum Gasteiger partial charge on any atom is 1.00 e. The van der Waals surface area contributed by atoms with Crippen LogP contribution in [0.4, 0.5) is 20.3 Å². The number of amides is 1. The number of anilines is 2. The van der Waals surface area contributed by atoms with E-state index in [-0.39, 0.29) is 82.6 Å². The van der Waals surface area contributed by atoms with Crippen LogP contribution in [0.25, 0.3) is 5.69 Å². The topological polar surface area (TPSA) is 175 Å². The molecule has 43 heavy (non-hydrogen) atoms. The number of benzene rings is 2. The molecule has 17 heteroatoms. The van der Waals surface area contributed by atoms with Gasteiger partial charge in [-0.05, 0) is 43.3 Å². The van der Waals surface area contributed by atoms with Crippen molar-refractivity contribution in [1.82, 2.24) is 9.55 Å². The summed E-state index contributed by atoms with van der Waals surface area (Å²) in [6.45, 7) is 0.958. The average molecular weight is 647 g/mol. The summed E-state index contributed by atoms with van der Waals surface area (Å²) in [6.07, 6.45) is 2.60. The van der Waals surface area contributed by atoms with Gasteiger partial charge in [-0.2, -0.15) is 0 Å². The number of pyridine rings is 2. The maximum atomic E-state index is 14.8. The van der Waals surface area contributed by atoms with Crippen LogP contribution < -0.4 is 55.6 Å². The number of nitrogens with zero attached hydrogens (tertiary/aromatic N) is 2. The standard InChI is InChI=1S/C26H22ClF2N4O8P.Na.H/c1-2-39-20-8-10-33(16-4-5-17(28)14(11-16)13-40-42(36,37)38)26(35)22(20)25(34)32-15-3-6-19(18(29)12-15)41-21-7-9-31-24(30)23(21)27;;/h3-12H,2,13H2,1H3,(H2,30,31)(H,32,34)(H2,36,37,38);;/q;+1;-1. The molecule has 0 fully saturated rings. The van der Waals surface area contributed by atoms with Crippen molar-refractivity contribution >= 4 is 36.8 Å². The van der Waals surface area contributed by atoms with E-state index in [0.717, 1.165) is 22.8 Å². The maximum absolute atomic E-state index is 14.8. The van der Waals surface area contributed by atoms with E-state index in [0.29, 0.717) is 0 Å². The van der Waals surface area contributed by atoms with Crippen LogP contribution in [0.2, 0.25) is 5.02 Å². The summed E-state index contributed by atoms with van der Waals surface area (Å²) in [5.41, 5.74) is 4.09. The zero-order chi connectivity index (χ0) is 30.6. The van der Waals surface area contributed by atoms with E-state index in [1.54, 1.807) is 6.92 Å². The molecule has 4 rings (SSSR count). The molecule has 4 aromatic rings. The van der Waals surface area contributed by atoms with Gasteiger partial charge in [0, 0.05) is 41.5 Å². The molecule has 5 N–H and O–H groups in total. The molecule has 1 amide bonds. The predicted octanol–water partition coefficient (Wildman–Crippen LogP) is 1.92. The molecule has 0 saturated heterocycles. The summed E-state index contributed by atoms with van der Waals surface area (Å²) >= 11 is 6.03. The SMILES string of the molecule is CCOc1ccn(-c2ccc(F)c(COP(=O)(O)O)c2)c(=O)c1C(=O)Nc1ccc(Oc2ccnc(N)c2Cl)c(F)c1.[H-].[Na+]. The van der Waals surface area contributed by atoms with Crippen molar-refractivity contribution in [1.29, 1.82) is 0 Å². The first-order chi connectivity index (χ1) is 19.9. The molecule has 0 unspecified atom stereocenters. The summed E-state index contributed by atoms with van der Waals surface area (Å²) in [5.74, 6) is -2.91. The largest absolute Gasteiger partial charge is 1.00 e. The second-order valence-corrected chi connectivity index (χ2v) is 10.0. The number of ether oxygens (including phenoxy) is 2. The molecule has 0 aliphatic rings. The number of hydrogen-bond acceptors (Lipinski definition) is 8. The second kappa shape index (κ2) is 14.4. The summed E-state index contributed by atoms with van der Waals surface area (Å²) in [7, 11) is -4.90. The number of hydrogen-bond donors (Lipinski definition) is 4. The van der Waals surface area contributed by atoms with E-state index in [4.69, 9.17) is 36.6 Å². The minimum Gasteiger partial charge on any atom is -1.00 e. The number of rotatable bonds is 10. The Labute approximate surface area is 271 Å². The molecule has 0 aliphatic heterocycles. The zero-order valence-electron chi connectivity index (χ0n) is 23.6. The van der Waals surface area contributed by atoms with Crippen LogP contribution >= 0.6 is 19.4 Å². The zero-order valence-corrected chi connectivity index (χ0v) is 26.2. The van der Waals surface area contributed by atoms with E-state index in [9.17, 15) is 22.9 Å². The van der Waals surface area contributed by atoms with Crippen LogP contribution in [0, 0.1) is 11.6 Å². The Hall–Kier alpha value is -3.33. The Morgan fingerprint density at radius 3 is 2.53 bits per heavy atom. The van der Waals surface area contributed by atoms with Crippen LogP contribution in [0.3, 0.4) is 0 Å². The number of halogens is 3. The van der Waals surface area contributed by atoms with Gasteiger partial charge in [-0.1, -0.05) is 11.6 Å². The first kappa shape index (κ1) is 34.2. The summed E-state index contributed by atoms with van der Waals surface area (Å²) < 4.78 is 56.4. The summed E-state index contributed by atoms with van der Waals surface area (Å²) in [5, 5.41) is 2.42. The van der Waals surface area contributed by atoms with E-state index in [1.165, 1.54) is 42.7 Å². The van der Waals surface area contributed by atoms with Crippen molar-refractivity contribution in [2.45, 2.75) is 13.5 Å². The van der Waals surface area contributed by atoms with Gasteiger partial charge >= 0.3 is 37.4 Å². The number of nitrogens with one attached hydrogen (secondary N) is 1. The fourth-order valence-corrected chi connectivity index (χ4v) is 4.13. The quantitative estimate of drug-likeness (QED) is 0.147. The third-order valence-corrected chi connectivity index (χ3v) is 6.41. The number of aromatic nitrogens is 2. The minimum atomic E-state index is -4.90. The van der Waals surface area contributed by atoms with E-state index >= 15 is 0 Å². The van der Waals surface area contributed by atoms with Crippen LogP contribution in [0.15, 0.2) is 65.7 Å². The van der Waals surface area contributed by atoms with E-state index < -0.39 is 43.1 Å². The molecule has 0 radical (unpaired) electrons. The van der Waals surface area contributed by atoms with E-state index in [2.05, 4.69) is 14.8 Å². The number of phosphoric acid groups is 1. The molecule has 0 aliphatic carbocycles. The Morgan fingerprint density at radius 2 is 1.86 bits per heavy atom. The van der Waals surface area contributed by atoms with Crippen molar-refractivity contribution in [3.8, 4) is 22.9 Å². The Balaban J connectivity index is 0.00000337.